The van der Waals surface area contributed by atoms with E-state index in [2.05, 4.69) is 6.07 Å². The second-order valence-corrected chi connectivity index (χ2v) is 6.57. The summed E-state index contributed by atoms with van der Waals surface area (Å²) in [4.78, 5) is 2.05. The Morgan fingerprint density at radius 2 is 1.84 bits per heavy atom. The molecular weight excluding hydrogens is 317 g/mol. The fourth-order valence-electron chi connectivity index (χ4n) is 4.00. The van der Waals surface area contributed by atoms with Crippen molar-refractivity contribution in [3.05, 3.63) is 47.3 Å². The Morgan fingerprint density at radius 3 is 2.40 bits per heavy atom. The van der Waals surface area contributed by atoms with Crippen molar-refractivity contribution in [1.82, 2.24) is 4.90 Å². The van der Waals surface area contributed by atoms with Crippen molar-refractivity contribution in [1.29, 1.82) is 21.2 Å². The van der Waals surface area contributed by atoms with Crippen molar-refractivity contribution in [3.63, 3.8) is 0 Å². The molecule has 0 aromatic heterocycles. The van der Waals surface area contributed by atoms with Gasteiger partial charge in [0.15, 0.2) is 5.41 Å². The second kappa shape index (κ2) is 6.13. The Bertz CT molecular complexity index is 851. The molecule has 0 spiro atoms. The van der Waals surface area contributed by atoms with Crippen molar-refractivity contribution in [2.45, 2.75) is 5.92 Å². The zero-order valence-electron chi connectivity index (χ0n) is 13.7. The first kappa shape index (κ1) is 16.8. The lowest BCUT2D eigenvalue weighted by Gasteiger charge is -2.47. The molecule has 1 aromatic rings. The van der Waals surface area contributed by atoms with E-state index in [1.807, 2.05) is 30.2 Å². The summed E-state index contributed by atoms with van der Waals surface area (Å²) in [6.07, 6.45) is 1.92. The molecule has 1 aliphatic heterocycles. The maximum Gasteiger partial charge on any atom is 0.189 e. The number of fused-ring (bicyclic) bond motifs is 1. The number of hydrogen-bond acceptors (Lipinski definition) is 5. The highest BCUT2D eigenvalue weighted by molar-refractivity contribution is 6.00. The molecule has 0 amide bonds. The average molecular weight is 333 g/mol. The molecule has 1 aliphatic carbocycles. The van der Waals surface area contributed by atoms with Gasteiger partial charge in [-0.3, -0.25) is 0 Å². The summed E-state index contributed by atoms with van der Waals surface area (Å²) in [5.41, 5.74) is -0.488. The molecule has 124 valence electrons. The minimum absolute atomic E-state index is 0.179. The first-order valence-electron chi connectivity index (χ1n) is 7.93. The van der Waals surface area contributed by atoms with Gasteiger partial charge in [-0.1, -0.05) is 18.2 Å². The zero-order valence-corrected chi connectivity index (χ0v) is 13.7. The summed E-state index contributed by atoms with van der Waals surface area (Å²) in [6, 6.07) is 11.9. The number of nitriles is 3. The van der Waals surface area contributed by atoms with Crippen LogP contribution in [0.4, 0.5) is 4.39 Å². The van der Waals surface area contributed by atoms with Crippen LogP contribution < -0.4 is 0 Å². The van der Waals surface area contributed by atoms with Crippen LogP contribution in [0.1, 0.15) is 11.5 Å². The molecule has 1 fully saturated rings. The monoisotopic (exact) mass is 333 g/mol. The fraction of sp³-hybridized carbons (Fsp3) is 0.368. The molecule has 0 radical (unpaired) electrons. The van der Waals surface area contributed by atoms with Crippen LogP contribution in [0.5, 0.6) is 0 Å². The van der Waals surface area contributed by atoms with Crippen LogP contribution in [0.2, 0.25) is 0 Å². The molecule has 3 rings (SSSR count). The van der Waals surface area contributed by atoms with E-state index in [-0.39, 0.29) is 11.6 Å². The predicted molar refractivity (Wildman–Crippen MR) is 88.7 cm³/mol. The third-order valence-corrected chi connectivity index (χ3v) is 5.20. The van der Waals surface area contributed by atoms with Crippen molar-refractivity contribution in [3.8, 4) is 18.2 Å². The van der Waals surface area contributed by atoms with E-state index in [9.17, 15) is 20.2 Å². The number of likely N-dealkylation sites (N-methyl/N-ethyl adjacent to an activating group) is 1. The minimum atomic E-state index is -1.74. The summed E-state index contributed by atoms with van der Waals surface area (Å²) >= 11 is 0. The quantitative estimate of drug-likeness (QED) is 0.799. The van der Waals surface area contributed by atoms with Gasteiger partial charge >= 0.3 is 0 Å². The van der Waals surface area contributed by atoms with E-state index in [4.69, 9.17) is 5.41 Å². The minimum Gasteiger partial charge on any atom is -0.305 e. The molecular formula is C19H16FN5. The Kier molecular flexibility index (Phi) is 4.13. The van der Waals surface area contributed by atoms with Crippen LogP contribution in [0.25, 0.3) is 0 Å². The van der Waals surface area contributed by atoms with Gasteiger partial charge in [-0.25, -0.2) is 4.39 Å². The van der Waals surface area contributed by atoms with E-state index in [1.54, 1.807) is 12.1 Å². The molecule has 1 N–H and O–H groups in total. The van der Waals surface area contributed by atoms with Gasteiger partial charge in [0.25, 0.3) is 0 Å². The Labute approximate surface area is 145 Å². The average Bonchev–Trinajstić information content (AvgIpc) is 2.62. The van der Waals surface area contributed by atoms with Crippen molar-refractivity contribution in [2.75, 3.05) is 20.1 Å². The largest absolute Gasteiger partial charge is 0.305 e. The lowest BCUT2D eigenvalue weighted by Crippen LogP contribution is -2.52. The van der Waals surface area contributed by atoms with Crippen molar-refractivity contribution >= 4 is 5.71 Å². The highest BCUT2D eigenvalue weighted by Crippen LogP contribution is 2.53. The molecule has 0 bridgehead atoms. The van der Waals surface area contributed by atoms with Crippen molar-refractivity contribution in [2.24, 2.45) is 17.3 Å². The second-order valence-electron chi connectivity index (χ2n) is 6.57. The Morgan fingerprint density at radius 1 is 1.20 bits per heavy atom. The molecule has 1 heterocycles. The van der Waals surface area contributed by atoms with E-state index >= 15 is 0 Å². The van der Waals surface area contributed by atoms with Gasteiger partial charge in [0.2, 0.25) is 0 Å². The number of benzene rings is 1. The van der Waals surface area contributed by atoms with Gasteiger partial charge in [0.05, 0.1) is 23.9 Å². The Balaban J connectivity index is 2.25. The van der Waals surface area contributed by atoms with Crippen LogP contribution in [0.3, 0.4) is 0 Å². The molecule has 25 heavy (non-hydrogen) atoms. The van der Waals surface area contributed by atoms with Crippen LogP contribution in [0, 0.1) is 62.5 Å². The molecule has 1 aromatic carbocycles. The smallest absolute Gasteiger partial charge is 0.189 e. The van der Waals surface area contributed by atoms with Gasteiger partial charge in [0.1, 0.15) is 11.7 Å². The maximum absolute atomic E-state index is 13.4. The predicted octanol–water partition coefficient (Wildman–Crippen LogP) is 2.60. The summed E-state index contributed by atoms with van der Waals surface area (Å²) in [6.45, 7) is 1.23. The van der Waals surface area contributed by atoms with Crippen LogP contribution in [-0.2, 0) is 0 Å². The lowest BCUT2D eigenvalue weighted by molar-refractivity contribution is 0.235. The number of nitrogens with zero attached hydrogens (tertiary/aromatic N) is 4. The number of rotatable bonds is 1. The molecule has 0 saturated heterocycles. The third-order valence-electron chi connectivity index (χ3n) is 5.20. The number of nitrogens with one attached hydrogen (secondary N) is 1. The molecule has 5 nitrogen and oxygen atoms in total. The van der Waals surface area contributed by atoms with E-state index in [0.29, 0.717) is 18.7 Å². The summed E-state index contributed by atoms with van der Waals surface area (Å²) in [5, 5.41) is 37.7. The van der Waals surface area contributed by atoms with Gasteiger partial charge in [-0.05, 0) is 30.3 Å². The first-order chi connectivity index (χ1) is 12.0. The Hall–Kier alpha value is -3.01. The van der Waals surface area contributed by atoms with Crippen molar-refractivity contribution < 1.29 is 4.39 Å². The van der Waals surface area contributed by atoms with Gasteiger partial charge in [-0.15, -0.1) is 0 Å². The highest BCUT2D eigenvalue weighted by Gasteiger charge is 2.57. The first-order valence-corrected chi connectivity index (χ1v) is 7.93. The highest BCUT2D eigenvalue weighted by atomic mass is 19.1. The maximum atomic E-state index is 13.4. The summed E-state index contributed by atoms with van der Waals surface area (Å²) < 4.78 is 13.4. The number of halogens is 1. The lowest BCUT2D eigenvalue weighted by atomic mass is 9.54. The zero-order chi connectivity index (χ0) is 18.2. The molecule has 1 saturated carbocycles. The van der Waals surface area contributed by atoms with Crippen LogP contribution in [0.15, 0.2) is 35.9 Å². The number of hydrogen-bond donors (Lipinski definition) is 1. The fourth-order valence-corrected chi connectivity index (χ4v) is 4.00. The van der Waals surface area contributed by atoms with Gasteiger partial charge < -0.3 is 10.3 Å². The SMILES string of the molecule is CN1CC=C2C(C#N)C(=N)C(C#N)(C#N)C(c3ccc(F)cc3)C2C1. The van der Waals surface area contributed by atoms with E-state index < -0.39 is 23.1 Å². The van der Waals surface area contributed by atoms with Gasteiger partial charge in [0, 0.05) is 24.9 Å². The van der Waals surface area contributed by atoms with E-state index in [1.165, 1.54) is 12.1 Å². The van der Waals surface area contributed by atoms with Gasteiger partial charge in [-0.2, -0.15) is 15.8 Å². The molecule has 2 aliphatic rings. The summed E-state index contributed by atoms with van der Waals surface area (Å²) in [7, 11) is 1.93. The topological polar surface area (TPSA) is 98.5 Å². The normalized spacial score (nSPS) is 28.0. The molecule has 3 atom stereocenters. The van der Waals surface area contributed by atoms with Crippen LogP contribution >= 0.6 is 0 Å². The molecule has 6 heteroatoms. The molecule has 3 unspecified atom stereocenters. The van der Waals surface area contributed by atoms with Crippen LogP contribution in [-0.4, -0.2) is 30.7 Å². The standard InChI is InChI=1S/C19H16FN5/c1-25-7-6-14-15(8-21)18(24)19(10-22,11-23)17(16(14)9-25)12-2-4-13(20)5-3-12/h2-6,15-17,24H,7,9H2,1H3. The third kappa shape index (κ3) is 2.41. The summed E-state index contributed by atoms with van der Waals surface area (Å²) in [5.74, 6) is -2.13. The van der Waals surface area contributed by atoms with E-state index in [0.717, 1.165) is 5.57 Å².